The fourth-order valence-corrected chi connectivity index (χ4v) is 5.08. The highest BCUT2D eigenvalue weighted by atomic mass is 19.1. The van der Waals surface area contributed by atoms with E-state index >= 15 is 0 Å². The number of piperazine rings is 1. The average Bonchev–Trinajstić information content (AvgIpc) is 2.94. The molecule has 8 nitrogen and oxygen atoms in total. The Kier molecular flexibility index (Phi) is 9.56. The summed E-state index contributed by atoms with van der Waals surface area (Å²) in [5.74, 6) is -0.781. The molecule has 0 spiro atoms. The normalized spacial score (nSPS) is 16.2. The lowest BCUT2D eigenvalue weighted by Gasteiger charge is -2.37. The van der Waals surface area contributed by atoms with Crippen molar-refractivity contribution in [3.8, 4) is 0 Å². The Balaban J connectivity index is 1.25. The third-order valence-corrected chi connectivity index (χ3v) is 7.29. The number of carbonyl (C=O) groups excluding carboxylic acids is 3. The number of benzene rings is 2. The van der Waals surface area contributed by atoms with E-state index in [0.717, 1.165) is 37.2 Å². The number of halogens is 1. The molecule has 1 saturated heterocycles. The molecule has 2 N–H and O–H groups in total. The van der Waals surface area contributed by atoms with Crippen molar-refractivity contribution in [1.29, 1.82) is 0 Å². The van der Waals surface area contributed by atoms with Gasteiger partial charge in [0, 0.05) is 56.6 Å². The van der Waals surface area contributed by atoms with Gasteiger partial charge in [-0.25, -0.2) is 9.18 Å². The van der Waals surface area contributed by atoms with Crippen molar-refractivity contribution in [3.05, 3.63) is 59.9 Å². The van der Waals surface area contributed by atoms with Crippen LogP contribution >= 0.6 is 0 Å². The van der Waals surface area contributed by atoms with E-state index in [2.05, 4.69) is 15.5 Å². The molecule has 1 heterocycles. The van der Waals surface area contributed by atoms with Crippen molar-refractivity contribution < 1.29 is 18.8 Å². The minimum Gasteiger partial charge on any atom is -0.368 e. The third kappa shape index (κ3) is 7.69. The second-order valence-electron chi connectivity index (χ2n) is 10.1. The summed E-state index contributed by atoms with van der Waals surface area (Å²) in [6.07, 6.45) is 6.09. The molecule has 4 amide bonds. The minimum absolute atomic E-state index is 0.0460. The maximum atomic E-state index is 13.2. The smallest absolute Gasteiger partial charge is 0.317 e. The molecule has 0 atom stereocenters. The molecule has 0 unspecified atom stereocenters. The molecule has 4 rings (SSSR count). The zero-order valence-electron chi connectivity index (χ0n) is 22.1. The Labute approximate surface area is 224 Å². The average molecular weight is 524 g/mol. The number of nitrogens with zero attached hydrogens (tertiary/aromatic N) is 3. The fourth-order valence-electron chi connectivity index (χ4n) is 5.08. The summed E-state index contributed by atoms with van der Waals surface area (Å²) in [6, 6.07) is 13.9. The molecule has 204 valence electrons. The zero-order chi connectivity index (χ0) is 26.9. The van der Waals surface area contributed by atoms with Crippen molar-refractivity contribution >= 4 is 29.2 Å². The Morgan fingerprint density at radius 2 is 1.58 bits per heavy atom. The predicted molar refractivity (Wildman–Crippen MR) is 146 cm³/mol. The number of rotatable bonds is 8. The highest BCUT2D eigenvalue weighted by Gasteiger charge is 2.24. The van der Waals surface area contributed by atoms with Crippen LogP contribution in [0.5, 0.6) is 0 Å². The molecule has 2 aromatic carbocycles. The van der Waals surface area contributed by atoms with Crippen LogP contribution in [0.4, 0.5) is 20.6 Å². The van der Waals surface area contributed by atoms with Crippen LogP contribution in [0.1, 0.15) is 51.0 Å². The van der Waals surface area contributed by atoms with Crippen LogP contribution in [0.3, 0.4) is 0 Å². The van der Waals surface area contributed by atoms with Crippen LogP contribution in [0.25, 0.3) is 0 Å². The van der Waals surface area contributed by atoms with Crippen molar-refractivity contribution in [2.45, 2.75) is 58.0 Å². The summed E-state index contributed by atoms with van der Waals surface area (Å²) in [6.45, 7) is 4.75. The quantitative estimate of drug-likeness (QED) is 0.538. The number of nitrogens with one attached hydrogen (secondary N) is 2. The largest absolute Gasteiger partial charge is 0.368 e. The lowest BCUT2D eigenvalue weighted by molar-refractivity contribution is -0.135. The number of carbonyl (C=O) groups is 3. The lowest BCUT2D eigenvalue weighted by atomic mass is 9.96. The first-order valence-electron chi connectivity index (χ1n) is 13.6. The Morgan fingerprint density at radius 1 is 0.921 bits per heavy atom. The van der Waals surface area contributed by atoms with Crippen LogP contribution in [-0.2, 0) is 16.1 Å². The molecule has 2 aromatic rings. The van der Waals surface area contributed by atoms with Gasteiger partial charge in [0.1, 0.15) is 12.4 Å². The van der Waals surface area contributed by atoms with E-state index in [0.29, 0.717) is 24.8 Å². The molecule has 0 bridgehead atoms. The van der Waals surface area contributed by atoms with Gasteiger partial charge in [-0.1, -0.05) is 38.3 Å². The molecular formula is C29H38FN5O3. The van der Waals surface area contributed by atoms with E-state index in [9.17, 15) is 18.8 Å². The molecule has 38 heavy (non-hydrogen) atoms. The van der Waals surface area contributed by atoms with Crippen LogP contribution in [0.2, 0.25) is 0 Å². The minimum atomic E-state index is -0.342. The molecule has 0 radical (unpaired) electrons. The highest BCUT2D eigenvalue weighted by Crippen LogP contribution is 2.21. The van der Waals surface area contributed by atoms with Gasteiger partial charge in [0.15, 0.2) is 0 Å². The van der Waals surface area contributed by atoms with Gasteiger partial charge in [0.2, 0.25) is 11.8 Å². The first-order valence-corrected chi connectivity index (χ1v) is 13.6. The van der Waals surface area contributed by atoms with Crippen LogP contribution in [0, 0.1) is 5.82 Å². The predicted octanol–water partition coefficient (Wildman–Crippen LogP) is 4.37. The Bertz CT molecular complexity index is 1080. The van der Waals surface area contributed by atoms with Crippen LogP contribution < -0.4 is 15.5 Å². The molecule has 1 aliphatic heterocycles. The molecule has 2 fully saturated rings. The van der Waals surface area contributed by atoms with Crippen LogP contribution in [0.15, 0.2) is 48.5 Å². The van der Waals surface area contributed by atoms with Gasteiger partial charge < -0.3 is 25.3 Å². The van der Waals surface area contributed by atoms with E-state index in [-0.39, 0.29) is 43.2 Å². The standard InChI is InChI=1S/C29H38FN5O3/c1-2-28(37)35(20-22-8-10-23(30)11-9-22)21-27(36)31-25-12-14-26(15-13-25)33-16-18-34(19-17-33)29(38)32-24-6-4-3-5-7-24/h8-15,24H,2-7,16-21H2,1H3,(H,31,36)(H,32,38). The van der Waals surface area contributed by atoms with Crippen molar-refractivity contribution in [1.82, 2.24) is 15.1 Å². The summed E-state index contributed by atoms with van der Waals surface area (Å²) in [5.41, 5.74) is 2.45. The maximum Gasteiger partial charge on any atom is 0.317 e. The molecule has 9 heteroatoms. The molecule has 1 saturated carbocycles. The fraction of sp³-hybridized carbons (Fsp3) is 0.483. The molecular weight excluding hydrogens is 485 g/mol. The summed E-state index contributed by atoms with van der Waals surface area (Å²) >= 11 is 0. The Morgan fingerprint density at radius 3 is 2.21 bits per heavy atom. The van der Waals surface area contributed by atoms with Crippen molar-refractivity contribution in [2.75, 3.05) is 42.9 Å². The van der Waals surface area contributed by atoms with Gasteiger partial charge in [0.25, 0.3) is 0 Å². The van der Waals surface area contributed by atoms with Crippen LogP contribution in [-0.4, -0.2) is 66.4 Å². The van der Waals surface area contributed by atoms with Crippen molar-refractivity contribution in [2.24, 2.45) is 0 Å². The van der Waals surface area contributed by atoms with Gasteiger partial charge in [-0.3, -0.25) is 9.59 Å². The lowest BCUT2D eigenvalue weighted by Crippen LogP contribution is -2.53. The first kappa shape index (κ1) is 27.4. The number of anilines is 2. The summed E-state index contributed by atoms with van der Waals surface area (Å²) in [4.78, 5) is 43.3. The van der Waals surface area contributed by atoms with E-state index in [1.165, 1.54) is 36.3 Å². The molecule has 1 aliphatic carbocycles. The maximum absolute atomic E-state index is 13.2. The molecule has 2 aliphatic rings. The number of amides is 4. The first-order chi connectivity index (χ1) is 18.4. The summed E-state index contributed by atoms with van der Waals surface area (Å²) < 4.78 is 13.2. The van der Waals surface area contributed by atoms with Gasteiger partial charge in [-0.2, -0.15) is 0 Å². The van der Waals surface area contributed by atoms with E-state index in [4.69, 9.17) is 0 Å². The van der Waals surface area contributed by atoms with E-state index in [1.54, 1.807) is 19.1 Å². The topological polar surface area (TPSA) is 85.0 Å². The van der Waals surface area contributed by atoms with Gasteiger partial charge in [0.05, 0.1) is 0 Å². The molecule has 0 aromatic heterocycles. The number of hydrogen-bond acceptors (Lipinski definition) is 4. The zero-order valence-corrected chi connectivity index (χ0v) is 22.1. The summed E-state index contributed by atoms with van der Waals surface area (Å²) in [7, 11) is 0. The van der Waals surface area contributed by atoms with Gasteiger partial charge in [-0.15, -0.1) is 0 Å². The van der Waals surface area contributed by atoms with E-state index in [1.807, 2.05) is 29.2 Å². The number of urea groups is 1. The van der Waals surface area contributed by atoms with Gasteiger partial charge >= 0.3 is 6.03 Å². The SMILES string of the molecule is CCC(=O)N(CC(=O)Nc1ccc(N2CCN(C(=O)NC3CCCCC3)CC2)cc1)Cc1ccc(F)cc1. The number of hydrogen-bond donors (Lipinski definition) is 2. The summed E-state index contributed by atoms with van der Waals surface area (Å²) in [5, 5.41) is 6.06. The highest BCUT2D eigenvalue weighted by molar-refractivity contribution is 5.94. The second kappa shape index (κ2) is 13.3. The van der Waals surface area contributed by atoms with Gasteiger partial charge in [-0.05, 0) is 54.8 Å². The Hall–Kier alpha value is -3.62. The monoisotopic (exact) mass is 523 g/mol. The third-order valence-electron chi connectivity index (χ3n) is 7.29. The van der Waals surface area contributed by atoms with E-state index < -0.39 is 0 Å². The second-order valence-corrected chi connectivity index (χ2v) is 10.1. The van der Waals surface area contributed by atoms with Crippen molar-refractivity contribution in [3.63, 3.8) is 0 Å².